The first-order valence-electron chi connectivity index (χ1n) is 9.00. The van der Waals surface area contributed by atoms with Gasteiger partial charge in [-0.05, 0) is 30.9 Å². The maximum Gasteiger partial charge on any atom is 0.222 e. The third kappa shape index (κ3) is 4.44. The molecule has 1 atom stereocenters. The van der Waals surface area contributed by atoms with Gasteiger partial charge in [0, 0.05) is 38.4 Å². The summed E-state index contributed by atoms with van der Waals surface area (Å²) >= 11 is 0. The number of ether oxygens (including phenoxy) is 2. The summed E-state index contributed by atoms with van der Waals surface area (Å²) in [7, 11) is 1.64. The second kappa shape index (κ2) is 8.23. The fourth-order valence-electron chi connectivity index (χ4n) is 3.47. The molecule has 0 aliphatic carbocycles. The quantitative estimate of drug-likeness (QED) is 0.817. The van der Waals surface area contributed by atoms with Crippen molar-refractivity contribution in [3.8, 4) is 11.5 Å². The number of para-hydroxylation sites is 1. The fraction of sp³-hybridized carbons (Fsp3) is 0.579. The number of methoxy groups -OCH3 is 1. The van der Waals surface area contributed by atoms with Gasteiger partial charge in [0.05, 0.1) is 13.7 Å². The summed E-state index contributed by atoms with van der Waals surface area (Å²) in [4.78, 5) is 25.4. The van der Waals surface area contributed by atoms with E-state index < -0.39 is 0 Å². The number of nitrogens with one attached hydrogen (secondary N) is 1. The normalized spacial score (nSPS) is 19.3. The second-order valence-electron chi connectivity index (χ2n) is 6.72. The first kappa shape index (κ1) is 17.6. The molecule has 0 spiro atoms. The lowest BCUT2D eigenvalue weighted by atomic mass is 9.96. The number of benzene rings is 1. The molecule has 2 aliphatic heterocycles. The van der Waals surface area contributed by atoms with Gasteiger partial charge >= 0.3 is 0 Å². The van der Waals surface area contributed by atoms with E-state index in [1.807, 2.05) is 23.1 Å². The second-order valence-corrected chi connectivity index (χ2v) is 6.72. The average Bonchev–Trinajstić information content (AvgIpc) is 3.04. The number of fused-ring (bicyclic) bond motifs is 1. The minimum absolute atomic E-state index is 0.0445. The zero-order valence-corrected chi connectivity index (χ0v) is 14.8. The van der Waals surface area contributed by atoms with Crippen LogP contribution in [-0.4, -0.2) is 50.1 Å². The van der Waals surface area contributed by atoms with E-state index >= 15 is 0 Å². The summed E-state index contributed by atoms with van der Waals surface area (Å²) in [5.41, 5.74) is 1.12. The molecule has 6 heteroatoms. The van der Waals surface area contributed by atoms with Crippen LogP contribution in [0.1, 0.15) is 31.2 Å². The van der Waals surface area contributed by atoms with Crippen molar-refractivity contribution in [2.75, 3.05) is 33.4 Å². The molecule has 0 bridgehead atoms. The van der Waals surface area contributed by atoms with E-state index in [2.05, 4.69) is 5.32 Å². The predicted octanol–water partition coefficient (Wildman–Crippen LogP) is 1.77. The lowest BCUT2D eigenvalue weighted by Crippen LogP contribution is -2.35. The number of amides is 2. The summed E-state index contributed by atoms with van der Waals surface area (Å²) in [5.74, 6) is 2.11. The van der Waals surface area contributed by atoms with E-state index in [0.717, 1.165) is 42.9 Å². The number of carbonyl (C=O) groups is 2. The molecule has 1 aromatic carbocycles. The van der Waals surface area contributed by atoms with Gasteiger partial charge < -0.3 is 19.7 Å². The van der Waals surface area contributed by atoms with Gasteiger partial charge in [0.25, 0.3) is 0 Å². The van der Waals surface area contributed by atoms with E-state index in [0.29, 0.717) is 32.5 Å². The van der Waals surface area contributed by atoms with Crippen LogP contribution in [0.3, 0.4) is 0 Å². The summed E-state index contributed by atoms with van der Waals surface area (Å²) < 4.78 is 11.1. The zero-order valence-electron chi connectivity index (χ0n) is 14.8. The monoisotopic (exact) mass is 346 g/mol. The first-order valence-corrected chi connectivity index (χ1v) is 9.00. The summed E-state index contributed by atoms with van der Waals surface area (Å²) in [6.07, 6.45) is 3.65. The highest BCUT2D eigenvalue weighted by Gasteiger charge is 2.23. The maximum absolute atomic E-state index is 12.0. The first-order chi connectivity index (χ1) is 12.2. The standard InChI is InChI=1S/C19H26N2O4/c1-24-16-6-2-5-15-11-14(13-25-19(15)16)12-20-17(22)7-3-9-21-10-4-8-18(21)23/h2,5-6,14H,3-4,7-13H2,1H3,(H,20,22)/t14-/m0/s1. The Balaban J connectivity index is 1.38. The summed E-state index contributed by atoms with van der Waals surface area (Å²) in [5, 5.41) is 2.99. The Hall–Kier alpha value is -2.24. The Morgan fingerprint density at radius 3 is 3.08 bits per heavy atom. The third-order valence-corrected chi connectivity index (χ3v) is 4.84. The van der Waals surface area contributed by atoms with Crippen LogP contribution in [0.5, 0.6) is 11.5 Å². The molecule has 1 saturated heterocycles. The third-order valence-electron chi connectivity index (χ3n) is 4.84. The van der Waals surface area contributed by atoms with Crippen molar-refractivity contribution in [2.24, 2.45) is 5.92 Å². The van der Waals surface area contributed by atoms with Crippen LogP contribution in [0.2, 0.25) is 0 Å². The molecule has 136 valence electrons. The molecule has 1 N–H and O–H groups in total. The molecule has 0 radical (unpaired) electrons. The van der Waals surface area contributed by atoms with E-state index in [9.17, 15) is 9.59 Å². The van der Waals surface area contributed by atoms with Crippen molar-refractivity contribution < 1.29 is 19.1 Å². The van der Waals surface area contributed by atoms with Crippen LogP contribution in [0.25, 0.3) is 0 Å². The number of rotatable bonds is 7. The van der Waals surface area contributed by atoms with Crippen LogP contribution in [-0.2, 0) is 16.0 Å². The lowest BCUT2D eigenvalue weighted by Gasteiger charge is -2.26. The molecule has 1 fully saturated rings. The van der Waals surface area contributed by atoms with Gasteiger partial charge in [-0.1, -0.05) is 12.1 Å². The van der Waals surface area contributed by atoms with Crippen molar-refractivity contribution in [1.82, 2.24) is 10.2 Å². The molecule has 2 heterocycles. The molecule has 25 heavy (non-hydrogen) atoms. The number of likely N-dealkylation sites (tertiary alicyclic amines) is 1. The van der Waals surface area contributed by atoms with Crippen LogP contribution >= 0.6 is 0 Å². The molecule has 1 aromatic rings. The Morgan fingerprint density at radius 1 is 1.44 bits per heavy atom. The van der Waals surface area contributed by atoms with Gasteiger partial charge in [-0.25, -0.2) is 0 Å². The van der Waals surface area contributed by atoms with Gasteiger partial charge in [-0.15, -0.1) is 0 Å². The highest BCUT2D eigenvalue weighted by atomic mass is 16.5. The van der Waals surface area contributed by atoms with Crippen molar-refractivity contribution in [1.29, 1.82) is 0 Å². The molecule has 3 rings (SSSR count). The Labute approximate surface area is 148 Å². The summed E-state index contributed by atoms with van der Waals surface area (Å²) in [6.45, 7) is 2.71. The number of hydrogen-bond donors (Lipinski definition) is 1. The Kier molecular flexibility index (Phi) is 5.79. The number of hydrogen-bond acceptors (Lipinski definition) is 4. The maximum atomic E-state index is 12.0. The fourth-order valence-corrected chi connectivity index (χ4v) is 3.47. The molecule has 0 unspecified atom stereocenters. The van der Waals surface area contributed by atoms with Crippen molar-refractivity contribution in [3.63, 3.8) is 0 Å². The van der Waals surface area contributed by atoms with Gasteiger partial charge in [0.1, 0.15) is 0 Å². The minimum atomic E-state index is 0.0445. The van der Waals surface area contributed by atoms with Crippen LogP contribution in [0.15, 0.2) is 18.2 Å². The number of nitrogens with zero attached hydrogens (tertiary/aromatic N) is 1. The van der Waals surface area contributed by atoms with Gasteiger partial charge in [-0.3, -0.25) is 9.59 Å². The van der Waals surface area contributed by atoms with Crippen molar-refractivity contribution in [3.05, 3.63) is 23.8 Å². The highest BCUT2D eigenvalue weighted by Crippen LogP contribution is 2.35. The van der Waals surface area contributed by atoms with E-state index in [1.165, 1.54) is 0 Å². The van der Waals surface area contributed by atoms with Crippen molar-refractivity contribution in [2.45, 2.75) is 32.1 Å². The van der Waals surface area contributed by atoms with Crippen LogP contribution in [0, 0.1) is 5.92 Å². The molecule has 6 nitrogen and oxygen atoms in total. The Bertz CT molecular complexity index is 632. The van der Waals surface area contributed by atoms with E-state index in [1.54, 1.807) is 7.11 Å². The number of carbonyl (C=O) groups excluding carboxylic acids is 2. The van der Waals surface area contributed by atoms with Gasteiger partial charge in [0.15, 0.2) is 11.5 Å². The Morgan fingerprint density at radius 2 is 2.32 bits per heavy atom. The molecule has 2 aliphatic rings. The topological polar surface area (TPSA) is 67.9 Å². The zero-order chi connectivity index (χ0) is 17.6. The molecule has 2 amide bonds. The van der Waals surface area contributed by atoms with Crippen LogP contribution < -0.4 is 14.8 Å². The molecular formula is C19H26N2O4. The largest absolute Gasteiger partial charge is 0.493 e. The van der Waals surface area contributed by atoms with Gasteiger partial charge in [-0.2, -0.15) is 0 Å². The van der Waals surface area contributed by atoms with Crippen molar-refractivity contribution >= 4 is 11.8 Å². The highest BCUT2D eigenvalue weighted by molar-refractivity contribution is 5.78. The van der Waals surface area contributed by atoms with Gasteiger partial charge in [0.2, 0.25) is 11.8 Å². The average molecular weight is 346 g/mol. The molecular weight excluding hydrogens is 320 g/mol. The SMILES string of the molecule is COc1cccc2c1OC[C@H](CNC(=O)CCCN1CCCC1=O)C2. The minimum Gasteiger partial charge on any atom is -0.493 e. The molecule has 0 saturated carbocycles. The van der Waals surface area contributed by atoms with E-state index in [4.69, 9.17) is 9.47 Å². The molecule has 0 aromatic heterocycles. The smallest absolute Gasteiger partial charge is 0.222 e. The summed E-state index contributed by atoms with van der Waals surface area (Å²) in [6, 6.07) is 5.90. The van der Waals surface area contributed by atoms with Crippen LogP contribution in [0.4, 0.5) is 0 Å². The van der Waals surface area contributed by atoms with E-state index in [-0.39, 0.29) is 17.7 Å². The predicted molar refractivity (Wildman–Crippen MR) is 93.7 cm³/mol. The lowest BCUT2D eigenvalue weighted by molar-refractivity contribution is -0.128.